The van der Waals surface area contributed by atoms with E-state index in [0.717, 1.165) is 10.9 Å². The van der Waals surface area contributed by atoms with Crippen LogP contribution in [0.3, 0.4) is 0 Å². The maximum absolute atomic E-state index is 11.2. The summed E-state index contributed by atoms with van der Waals surface area (Å²) < 4.78 is 22.4. The highest BCUT2D eigenvalue weighted by Crippen LogP contribution is 2.23. The first-order chi connectivity index (χ1) is 8.87. The molecular weight excluding hydrogens is 264 g/mol. The number of benzene rings is 1. The van der Waals surface area contributed by atoms with E-state index in [9.17, 15) is 8.42 Å². The Kier molecular flexibility index (Phi) is 3.57. The van der Waals surface area contributed by atoms with E-state index in [0.29, 0.717) is 12.4 Å². The van der Waals surface area contributed by atoms with Crippen LogP contribution in [0.2, 0.25) is 0 Å². The van der Waals surface area contributed by atoms with Crippen molar-refractivity contribution in [3.63, 3.8) is 0 Å². The lowest BCUT2D eigenvalue weighted by Gasteiger charge is -2.19. The van der Waals surface area contributed by atoms with E-state index < -0.39 is 9.84 Å². The van der Waals surface area contributed by atoms with Gasteiger partial charge >= 0.3 is 0 Å². The van der Waals surface area contributed by atoms with Crippen LogP contribution < -0.4 is 10.6 Å². The highest BCUT2D eigenvalue weighted by Gasteiger charge is 2.12. The summed E-state index contributed by atoms with van der Waals surface area (Å²) in [6, 6.07) is 7.49. The molecule has 2 aromatic rings. The Hall–Kier alpha value is -1.89. The lowest BCUT2D eigenvalue weighted by atomic mass is 10.2. The van der Waals surface area contributed by atoms with Gasteiger partial charge in [0.1, 0.15) is 15.7 Å². The van der Waals surface area contributed by atoms with Gasteiger partial charge in [0.25, 0.3) is 0 Å². The molecule has 2 N–H and O–H groups in total. The van der Waals surface area contributed by atoms with Crippen LogP contribution in [0.15, 0.2) is 24.3 Å². The predicted octanol–water partition coefficient (Wildman–Crippen LogP) is 0.693. The van der Waals surface area contributed by atoms with Gasteiger partial charge in [-0.2, -0.15) is 4.98 Å². The van der Waals surface area contributed by atoms with Crippen molar-refractivity contribution in [2.24, 2.45) is 0 Å². The third kappa shape index (κ3) is 3.31. The van der Waals surface area contributed by atoms with Gasteiger partial charge in [-0.15, -0.1) is 0 Å². The van der Waals surface area contributed by atoms with Crippen molar-refractivity contribution in [2.45, 2.75) is 0 Å². The lowest BCUT2D eigenvalue weighted by molar-refractivity contribution is 0.601. The number of fused-ring (bicyclic) bond motifs is 1. The van der Waals surface area contributed by atoms with Crippen molar-refractivity contribution >= 4 is 32.5 Å². The highest BCUT2D eigenvalue weighted by atomic mass is 32.2. The zero-order valence-electron chi connectivity index (χ0n) is 10.9. The second-order valence-corrected chi connectivity index (χ2v) is 6.73. The number of anilines is 2. The molecule has 2 rings (SSSR count). The van der Waals surface area contributed by atoms with Crippen LogP contribution in [-0.4, -0.2) is 44.0 Å². The summed E-state index contributed by atoms with van der Waals surface area (Å²) in [6.45, 7) is 0.360. The molecule has 6 nitrogen and oxygen atoms in total. The fourth-order valence-corrected chi connectivity index (χ4v) is 2.38. The van der Waals surface area contributed by atoms with E-state index in [2.05, 4.69) is 9.97 Å². The number of nitrogens with zero attached hydrogens (tertiary/aromatic N) is 3. The Bertz CT molecular complexity index is 700. The Morgan fingerprint density at radius 3 is 2.63 bits per heavy atom. The van der Waals surface area contributed by atoms with E-state index in [1.165, 1.54) is 6.26 Å². The number of nitrogen functional groups attached to an aromatic ring is 1. The first-order valence-corrected chi connectivity index (χ1v) is 7.84. The van der Waals surface area contributed by atoms with Crippen LogP contribution in [-0.2, 0) is 9.84 Å². The van der Waals surface area contributed by atoms with Crippen molar-refractivity contribution in [2.75, 3.05) is 36.2 Å². The number of nitrogens with two attached hydrogens (primary N) is 1. The minimum atomic E-state index is -3.01. The van der Waals surface area contributed by atoms with Gasteiger partial charge in [-0.25, -0.2) is 13.4 Å². The first-order valence-electron chi connectivity index (χ1n) is 5.78. The molecule has 0 radical (unpaired) electrons. The molecule has 7 heteroatoms. The molecule has 1 aromatic heterocycles. The van der Waals surface area contributed by atoms with Crippen molar-refractivity contribution in [1.82, 2.24) is 9.97 Å². The molecule has 0 atom stereocenters. The smallest absolute Gasteiger partial charge is 0.222 e. The quantitative estimate of drug-likeness (QED) is 0.886. The second-order valence-electron chi connectivity index (χ2n) is 4.47. The van der Waals surface area contributed by atoms with Gasteiger partial charge in [0, 0.05) is 25.2 Å². The Morgan fingerprint density at radius 1 is 1.26 bits per heavy atom. The van der Waals surface area contributed by atoms with Gasteiger partial charge < -0.3 is 10.6 Å². The Balaban J connectivity index is 2.38. The molecule has 0 unspecified atom stereocenters. The number of rotatable bonds is 4. The summed E-state index contributed by atoms with van der Waals surface area (Å²) in [5.74, 6) is 0.897. The maximum atomic E-state index is 11.2. The highest BCUT2D eigenvalue weighted by molar-refractivity contribution is 7.90. The number of aromatic nitrogens is 2. The summed E-state index contributed by atoms with van der Waals surface area (Å²) in [6.07, 6.45) is 1.22. The summed E-state index contributed by atoms with van der Waals surface area (Å²) in [5, 5.41) is 0.854. The molecule has 0 aliphatic carbocycles. The molecule has 102 valence electrons. The fourth-order valence-electron chi connectivity index (χ4n) is 1.78. The molecule has 0 aliphatic rings. The maximum Gasteiger partial charge on any atom is 0.222 e. The van der Waals surface area contributed by atoms with Crippen molar-refractivity contribution in [3.8, 4) is 0 Å². The number of hydrogen-bond donors (Lipinski definition) is 1. The molecule has 1 aromatic carbocycles. The van der Waals surface area contributed by atoms with Crippen LogP contribution >= 0.6 is 0 Å². The van der Waals surface area contributed by atoms with E-state index in [4.69, 9.17) is 5.73 Å². The van der Waals surface area contributed by atoms with Gasteiger partial charge in [0.05, 0.1) is 11.3 Å². The molecule has 0 aliphatic heterocycles. The van der Waals surface area contributed by atoms with Gasteiger partial charge in [-0.1, -0.05) is 12.1 Å². The average Bonchev–Trinajstić information content (AvgIpc) is 2.34. The van der Waals surface area contributed by atoms with Gasteiger partial charge in [0.2, 0.25) is 5.95 Å². The normalized spacial score (nSPS) is 11.7. The van der Waals surface area contributed by atoms with Crippen LogP contribution in [0.4, 0.5) is 11.8 Å². The van der Waals surface area contributed by atoms with Crippen LogP contribution in [0.5, 0.6) is 0 Å². The van der Waals surface area contributed by atoms with E-state index >= 15 is 0 Å². The van der Waals surface area contributed by atoms with E-state index in [1.54, 1.807) is 11.9 Å². The van der Waals surface area contributed by atoms with Crippen LogP contribution in [0.1, 0.15) is 0 Å². The molecule has 1 heterocycles. The molecule has 0 fully saturated rings. The van der Waals surface area contributed by atoms with Crippen molar-refractivity contribution in [1.29, 1.82) is 0 Å². The Labute approximate surface area is 112 Å². The Morgan fingerprint density at radius 2 is 1.95 bits per heavy atom. The molecular formula is C12H16N4O2S. The van der Waals surface area contributed by atoms with E-state index in [-0.39, 0.29) is 11.7 Å². The number of para-hydroxylation sites is 1. The SMILES string of the molecule is CN(CCS(C)(=O)=O)c1nc(N)nc2ccccc12. The van der Waals surface area contributed by atoms with Crippen molar-refractivity contribution < 1.29 is 8.42 Å². The van der Waals surface area contributed by atoms with E-state index in [1.807, 2.05) is 24.3 Å². The molecule has 0 spiro atoms. The zero-order chi connectivity index (χ0) is 14.0. The third-order valence-electron chi connectivity index (χ3n) is 2.76. The standard InChI is InChI=1S/C12H16N4O2S/c1-16(7-8-19(2,17)18)11-9-5-3-4-6-10(9)14-12(13)15-11/h3-6H,7-8H2,1-2H3,(H2,13,14,15). The summed E-state index contributed by atoms with van der Waals surface area (Å²) in [5.41, 5.74) is 6.42. The van der Waals surface area contributed by atoms with Crippen LogP contribution in [0.25, 0.3) is 10.9 Å². The summed E-state index contributed by atoms with van der Waals surface area (Å²) >= 11 is 0. The molecule has 0 bridgehead atoms. The fraction of sp³-hybridized carbons (Fsp3) is 0.333. The summed E-state index contributed by atoms with van der Waals surface area (Å²) in [7, 11) is -1.22. The number of hydrogen-bond acceptors (Lipinski definition) is 6. The first kappa shape index (κ1) is 13.5. The lowest BCUT2D eigenvalue weighted by Crippen LogP contribution is -2.26. The molecule has 0 saturated heterocycles. The van der Waals surface area contributed by atoms with Crippen molar-refractivity contribution in [3.05, 3.63) is 24.3 Å². The molecule has 0 amide bonds. The van der Waals surface area contributed by atoms with Crippen LogP contribution in [0, 0.1) is 0 Å². The molecule has 19 heavy (non-hydrogen) atoms. The monoisotopic (exact) mass is 280 g/mol. The second kappa shape index (κ2) is 5.00. The minimum absolute atomic E-state index is 0.0712. The predicted molar refractivity (Wildman–Crippen MR) is 76.9 cm³/mol. The average molecular weight is 280 g/mol. The topological polar surface area (TPSA) is 89.2 Å². The van der Waals surface area contributed by atoms with Gasteiger partial charge in [-0.3, -0.25) is 0 Å². The molecule has 0 saturated carbocycles. The summed E-state index contributed by atoms with van der Waals surface area (Å²) in [4.78, 5) is 10.1. The minimum Gasteiger partial charge on any atom is -0.368 e. The largest absolute Gasteiger partial charge is 0.368 e. The number of sulfone groups is 1. The third-order valence-corrected chi connectivity index (χ3v) is 3.68. The van der Waals surface area contributed by atoms with Gasteiger partial charge in [0.15, 0.2) is 0 Å². The van der Waals surface area contributed by atoms with Gasteiger partial charge in [-0.05, 0) is 12.1 Å². The zero-order valence-corrected chi connectivity index (χ0v) is 11.7.